The van der Waals surface area contributed by atoms with E-state index in [9.17, 15) is 4.79 Å². The lowest BCUT2D eigenvalue weighted by molar-refractivity contribution is -0.120. The summed E-state index contributed by atoms with van der Waals surface area (Å²) in [5, 5.41) is 3.14. The predicted molar refractivity (Wildman–Crippen MR) is 72.5 cm³/mol. The van der Waals surface area contributed by atoms with Crippen LogP contribution in [0.5, 0.6) is 11.5 Å². The molecule has 2 rings (SSSR count). The van der Waals surface area contributed by atoms with Gasteiger partial charge in [0.2, 0.25) is 5.91 Å². The van der Waals surface area contributed by atoms with Crippen molar-refractivity contribution in [3.63, 3.8) is 0 Å². The van der Waals surface area contributed by atoms with Gasteiger partial charge in [-0.1, -0.05) is 6.07 Å². The van der Waals surface area contributed by atoms with E-state index in [-0.39, 0.29) is 17.9 Å². The number of methoxy groups -OCH3 is 2. The van der Waals surface area contributed by atoms with Crippen LogP contribution in [0.25, 0.3) is 0 Å². The van der Waals surface area contributed by atoms with Crippen molar-refractivity contribution in [2.24, 2.45) is 5.73 Å². The van der Waals surface area contributed by atoms with E-state index in [0.717, 1.165) is 30.0 Å². The zero-order valence-corrected chi connectivity index (χ0v) is 11.3. The third-order valence-electron chi connectivity index (χ3n) is 3.62. The third kappa shape index (κ3) is 2.81. The molecule has 0 aliphatic carbocycles. The fourth-order valence-corrected chi connectivity index (χ4v) is 2.68. The van der Waals surface area contributed by atoms with E-state index in [1.165, 1.54) is 0 Å². The molecular formula is C14H20N2O3. The molecule has 2 unspecified atom stereocenters. The van der Waals surface area contributed by atoms with Crippen molar-refractivity contribution in [1.29, 1.82) is 0 Å². The molecule has 5 heteroatoms. The van der Waals surface area contributed by atoms with Gasteiger partial charge in [-0.05, 0) is 37.4 Å². The fourth-order valence-electron chi connectivity index (χ4n) is 2.68. The van der Waals surface area contributed by atoms with E-state index in [2.05, 4.69) is 5.32 Å². The second-order valence-corrected chi connectivity index (χ2v) is 4.71. The maximum Gasteiger partial charge on any atom is 0.234 e. The summed E-state index contributed by atoms with van der Waals surface area (Å²) in [5.41, 5.74) is 6.41. The number of carbonyl (C=O) groups excluding carboxylic acids is 1. The van der Waals surface area contributed by atoms with Crippen LogP contribution >= 0.6 is 0 Å². The normalized spacial score (nSPS) is 22.8. The number of rotatable bonds is 4. The number of ether oxygens (including phenoxy) is 2. The zero-order chi connectivity index (χ0) is 13.8. The van der Waals surface area contributed by atoms with Crippen LogP contribution in [0, 0.1) is 0 Å². The lowest BCUT2D eigenvalue weighted by atomic mass is 9.85. The van der Waals surface area contributed by atoms with Crippen LogP contribution in [0.3, 0.4) is 0 Å². The molecular weight excluding hydrogens is 244 g/mol. The van der Waals surface area contributed by atoms with Gasteiger partial charge in [0.05, 0.1) is 20.3 Å². The summed E-state index contributed by atoms with van der Waals surface area (Å²) in [4.78, 5) is 11.3. The summed E-state index contributed by atoms with van der Waals surface area (Å²) in [5.74, 6) is 1.51. The third-order valence-corrected chi connectivity index (χ3v) is 3.62. The number of hydrogen-bond acceptors (Lipinski definition) is 4. The van der Waals surface area contributed by atoms with Crippen molar-refractivity contribution in [3.05, 3.63) is 23.8 Å². The SMILES string of the molecule is COc1cccc(OC)c1C1CCNC(C(N)=O)C1. The number of primary amides is 1. The fraction of sp³-hybridized carbons (Fsp3) is 0.500. The van der Waals surface area contributed by atoms with Crippen molar-refractivity contribution in [3.8, 4) is 11.5 Å². The van der Waals surface area contributed by atoms with E-state index >= 15 is 0 Å². The topological polar surface area (TPSA) is 73.6 Å². The van der Waals surface area contributed by atoms with Crippen LogP contribution in [-0.4, -0.2) is 32.7 Å². The van der Waals surface area contributed by atoms with Gasteiger partial charge in [0.15, 0.2) is 0 Å². The van der Waals surface area contributed by atoms with E-state index in [4.69, 9.17) is 15.2 Å². The minimum Gasteiger partial charge on any atom is -0.496 e. The number of piperidine rings is 1. The Labute approximate surface area is 113 Å². The molecule has 104 valence electrons. The van der Waals surface area contributed by atoms with Gasteiger partial charge in [-0.2, -0.15) is 0 Å². The van der Waals surface area contributed by atoms with Gasteiger partial charge < -0.3 is 20.5 Å². The lowest BCUT2D eigenvalue weighted by Gasteiger charge is -2.30. The quantitative estimate of drug-likeness (QED) is 0.851. The van der Waals surface area contributed by atoms with Crippen molar-refractivity contribution in [2.45, 2.75) is 24.8 Å². The molecule has 1 aromatic rings. The lowest BCUT2D eigenvalue weighted by Crippen LogP contribution is -2.46. The first kappa shape index (κ1) is 13.7. The van der Waals surface area contributed by atoms with Gasteiger partial charge in [-0.3, -0.25) is 4.79 Å². The van der Waals surface area contributed by atoms with Gasteiger partial charge in [0, 0.05) is 5.56 Å². The van der Waals surface area contributed by atoms with Crippen LogP contribution in [0.15, 0.2) is 18.2 Å². The van der Waals surface area contributed by atoms with E-state index in [1.54, 1.807) is 14.2 Å². The molecule has 1 aromatic carbocycles. The van der Waals surface area contributed by atoms with E-state index < -0.39 is 0 Å². The van der Waals surface area contributed by atoms with Crippen molar-refractivity contribution in [2.75, 3.05) is 20.8 Å². The number of carbonyl (C=O) groups is 1. The molecule has 2 atom stereocenters. The Kier molecular flexibility index (Phi) is 4.27. The first-order chi connectivity index (χ1) is 9.17. The molecule has 0 radical (unpaired) electrons. The molecule has 1 aliphatic rings. The van der Waals surface area contributed by atoms with Crippen LogP contribution in [-0.2, 0) is 4.79 Å². The average Bonchev–Trinajstić information content (AvgIpc) is 2.46. The second-order valence-electron chi connectivity index (χ2n) is 4.71. The van der Waals surface area contributed by atoms with Crippen LogP contribution in [0.4, 0.5) is 0 Å². The van der Waals surface area contributed by atoms with Crippen LogP contribution in [0.2, 0.25) is 0 Å². The first-order valence-corrected chi connectivity index (χ1v) is 6.41. The Bertz CT molecular complexity index is 440. The molecule has 1 amide bonds. The highest BCUT2D eigenvalue weighted by Crippen LogP contribution is 2.40. The summed E-state index contributed by atoms with van der Waals surface area (Å²) in [7, 11) is 3.29. The molecule has 0 saturated carbocycles. The minimum atomic E-state index is -0.307. The predicted octanol–water partition coefficient (Wildman–Crippen LogP) is 1.02. The smallest absolute Gasteiger partial charge is 0.234 e. The summed E-state index contributed by atoms with van der Waals surface area (Å²) in [6, 6.07) is 5.44. The Morgan fingerprint density at radius 2 is 1.95 bits per heavy atom. The summed E-state index contributed by atoms with van der Waals surface area (Å²) in [6.45, 7) is 0.763. The van der Waals surface area contributed by atoms with Gasteiger partial charge in [0.1, 0.15) is 11.5 Å². The highest BCUT2D eigenvalue weighted by atomic mass is 16.5. The van der Waals surface area contributed by atoms with Crippen LogP contribution < -0.4 is 20.5 Å². The maximum atomic E-state index is 11.3. The monoisotopic (exact) mass is 264 g/mol. The highest BCUT2D eigenvalue weighted by molar-refractivity contribution is 5.80. The second kappa shape index (κ2) is 5.93. The Morgan fingerprint density at radius 1 is 1.32 bits per heavy atom. The molecule has 0 spiro atoms. The van der Waals surface area contributed by atoms with E-state index in [0.29, 0.717) is 6.42 Å². The molecule has 1 aliphatic heterocycles. The first-order valence-electron chi connectivity index (χ1n) is 6.41. The van der Waals surface area contributed by atoms with Crippen molar-refractivity contribution >= 4 is 5.91 Å². The number of hydrogen-bond donors (Lipinski definition) is 2. The van der Waals surface area contributed by atoms with Gasteiger partial charge in [-0.15, -0.1) is 0 Å². The Hall–Kier alpha value is -1.75. The molecule has 0 aromatic heterocycles. The summed E-state index contributed by atoms with van der Waals surface area (Å²) in [6.07, 6.45) is 1.60. The largest absolute Gasteiger partial charge is 0.496 e. The van der Waals surface area contributed by atoms with Gasteiger partial charge in [-0.25, -0.2) is 0 Å². The van der Waals surface area contributed by atoms with Crippen molar-refractivity contribution in [1.82, 2.24) is 5.32 Å². The molecule has 0 bridgehead atoms. The average molecular weight is 264 g/mol. The molecule has 1 fully saturated rings. The molecule has 1 saturated heterocycles. The molecule has 3 N–H and O–H groups in total. The highest BCUT2D eigenvalue weighted by Gasteiger charge is 2.29. The number of nitrogens with two attached hydrogens (primary N) is 1. The Balaban J connectivity index is 2.32. The van der Waals surface area contributed by atoms with Crippen molar-refractivity contribution < 1.29 is 14.3 Å². The summed E-state index contributed by atoms with van der Waals surface area (Å²) < 4.78 is 10.8. The van der Waals surface area contributed by atoms with E-state index in [1.807, 2.05) is 18.2 Å². The molecule has 1 heterocycles. The molecule has 19 heavy (non-hydrogen) atoms. The minimum absolute atomic E-state index is 0.213. The van der Waals surface area contributed by atoms with Gasteiger partial charge >= 0.3 is 0 Å². The standard InChI is InChI=1S/C14H20N2O3/c1-18-11-4-3-5-12(19-2)13(11)9-6-7-16-10(8-9)14(15)17/h3-5,9-10,16H,6-8H2,1-2H3,(H2,15,17). The van der Waals surface area contributed by atoms with Crippen LogP contribution in [0.1, 0.15) is 24.3 Å². The molecule has 5 nitrogen and oxygen atoms in total. The number of nitrogens with one attached hydrogen (secondary N) is 1. The van der Waals surface area contributed by atoms with Gasteiger partial charge in [0.25, 0.3) is 0 Å². The number of benzene rings is 1. The Morgan fingerprint density at radius 3 is 2.47 bits per heavy atom. The summed E-state index contributed by atoms with van der Waals surface area (Å²) >= 11 is 0. The zero-order valence-electron chi connectivity index (χ0n) is 11.3. The maximum absolute atomic E-state index is 11.3. The number of amides is 1.